The minimum absolute atomic E-state index is 0.329. The second kappa shape index (κ2) is 16.2. The molecule has 1 aliphatic heterocycles. The van der Waals surface area contributed by atoms with Gasteiger partial charge in [-0.25, -0.2) is 10.9 Å². The molecule has 1 heterocycles. The van der Waals surface area contributed by atoms with Gasteiger partial charge in [-0.05, 0) is 122 Å². The third-order valence-corrected chi connectivity index (χ3v) is 7.27. The van der Waals surface area contributed by atoms with Crippen molar-refractivity contribution in [3.63, 3.8) is 0 Å². The lowest BCUT2D eigenvalue weighted by Crippen LogP contribution is -2.45. The van der Waals surface area contributed by atoms with Crippen molar-refractivity contribution < 1.29 is 38.0 Å². The standard InChI is InChI=1S/C36H36N4O8/c1-23(37-39-33(41)27-9-13-29(43-3)14-10-27)25-5-17-31(18-6-25)47-35-36(46-22-21-45-35)48-32-19-7-26(8-20-32)24(2)38-40-34(42)28-11-15-30(44-4)16-12-28/h5-20,35-36H,21-22H2,1-4H3,(H,39,41)(H,40,42)/b37-23-,38-24+/t35-,36-/m1/s1. The van der Waals surface area contributed by atoms with Gasteiger partial charge in [0, 0.05) is 11.1 Å². The molecule has 1 saturated heterocycles. The Morgan fingerprint density at radius 2 is 0.854 bits per heavy atom. The molecule has 48 heavy (non-hydrogen) atoms. The van der Waals surface area contributed by atoms with Crippen molar-refractivity contribution in [3.8, 4) is 23.0 Å². The number of hydrogen-bond acceptors (Lipinski definition) is 10. The van der Waals surface area contributed by atoms with E-state index < -0.39 is 12.6 Å². The summed E-state index contributed by atoms with van der Waals surface area (Å²) in [5.41, 5.74) is 8.90. The number of methoxy groups -OCH3 is 2. The fraction of sp³-hybridized carbons (Fsp3) is 0.222. The number of carbonyl (C=O) groups is 2. The van der Waals surface area contributed by atoms with Gasteiger partial charge >= 0.3 is 0 Å². The number of benzene rings is 4. The van der Waals surface area contributed by atoms with E-state index in [4.69, 9.17) is 28.4 Å². The molecule has 2 amide bonds. The molecule has 12 nitrogen and oxygen atoms in total. The maximum atomic E-state index is 12.4. The summed E-state index contributed by atoms with van der Waals surface area (Å²) in [7, 11) is 3.13. The van der Waals surface area contributed by atoms with Crippen LogP contribution in [0.3, 0.4) is 0 Å². The second-order valence-electron chi connectivity index (χ2n) is 10.5. The molecule has 0 radical (unpaired) electrons. The highest BCUT2D eigenvalue weighted by Crippen LogP contribution is 2.23. The van der Waals surface area contributed by atoms with Crippen LogP contribution in [0, 0.1) is 0 Å². The third-order valence-electron chi connectivity index (χ3n) is 7.27. The second-order valence-corrected chi connectivity index (χ2v) is 10.5. The van der Waals surface area contributed by atoms with Crippen molar-refractivity contribution in [3.05, 3.63) is 119 Å². The quantitative estimate of drug-likeness (QED) is 0.158. The Kier molecular flexibility index (Phi) is 11.4. The number of ether oxygens (including phenoxy) is 6. The van der Waals surface area contributed by atoms with Gasteiger partial charge in [-0.3, -0.25) is 9.59 Å². The zero-order valence-corrected chi connectivity index (χ0v) is 27.0. The molecule has 4 aromatic carbocycles. The number of rotatable bonds is 12. The van der Waals surface area contributed by atoms with Crippen LogP contribution in [0.1, 0.15) is 45.7 Å². The highest BCUT2D eigenvalue weighted by Gasteiger charge is 2.31. The van der Waals surface area contributed by atoms with Crippen LogP contribution < -0.4 is 29.8 Å². The van der Waals surface area contributed by atoms with Gasteiger partial charge in [-0.15, -0.1) is 0 Å². The fourth-order valence-corrected chi connectivity index (χ4v) is 4.49. The van der Waals surface area contributed by atoms with Crippen LogP contribution in [0.4, 0.5) is 0 Å². The van der Waals surface area contributed by atoms with E-state index in [2.05, 4.69) is 21.1 Å². The molecule has 12 heteroatoms. The molecule has 2 N–H and O–H groups in total. The van der Waals surface area contributed by atoms with Gasteiger partial charge in [-0.2, -0.15) is 10.2 Å². The van der Waals surface area contributed by atoms with Crippen LogP contribution >= 0.6 is 0 Å². The van der Waals surface area contributed by atoms with Crippen LogP contribution in [0.2, 0.25) is 0 Å². The van der Waals surface area contributed by atoms with Crippen molar-refractivity contribution >= 4 is 23.2 Å². The molecule has 0 spiro atoms. The molecule has 2 atom stereocenters. The van der Waals surface area contributed by atoms with Gasteiger partial charge in [0.05, 0.1) is 38.9 Å². The smallest absolute Gasteiger partial charge is 0.271 e. The fourth-order valence-electron chi connectivity index (χ4n) is 4.49. The Labute approximate surface area is 278 Å². The largest absolute Gasteiger partial charge is 0.497 e. The first kappa shape index (κ1) is 33.6. The first-order valence-corrected chi connectivity index (χ1v) is 15.1. The zero-order chi connectivity index (χ0) is 33.9. The first-order valence-electron chi connectivity index (χ1n) is 15.1. The Hall–Kier alpha value is -5.72. The SMILES string of the molecule is COc1ccc(C(=O)N/N=C(/C)c2ccc(O[C@H]3OCCO[C@@H]3Oc3ccc(/C(C)=N/NC(=O)c4ccc(OC)cc4)cc3)cc2)cc1. The van der Waals surface area contributed by atoms with E-state index in [0.29, 0.717) is 58.8 Å². The molecule has 0 aliphatic carbocycles. The first-order chi connectivity index (χ1) is 23.3. The Balaban J connectivity index is 1.14. The van der Waals surface area contributed by atoms with E-state index in [1.165, 1.54) is 0 Å². The third kappa shape index (κ3) is 8.96. The molecule has 0 unspecified atom stereocenters. The van der Waals surface area contributed by atoms with E-state index in [1.807, 2.05) is 24.3 Å². The van der Waals surface area contributed by atoms with Crippen LogP contribution in [0.25, 0.3) is 0 Å². The van der Waals surface area contributed by atoms with E-state index in [-0.39, 0.29) is 11.8 Å². The summed E-state index contributed by atoms with van der Waals surface area (Å²) in [6.07, 6.45) is -1.64. The average Bonchev–Trinajstić information content (AvgIpc) is 3.14. The number of nitrogens with zero attached hydrogens (tertiary/aromatic N) is 2. The monoisotopic (exact) mass is 652 g/mol. The van der Waals surface area contributed by atoms with Crippen LogP contribution in [-0.2, 0) is 9.47 Å². The van der Waals surface area contributed by atoms with Gasteiger partial charge in [0.15, 0.2) is 0 Å². The number of carbonyl (C=O) groups excluding carboxylic acids is 2. The van der Waals surface area contributed by atoms with Gasteiger partial charge in [0.25, 0.3) is 24.4 Å². The number of nitrogens with one attached hydrogen (secondary N) is 2. The topological polar surface area (TPSA) is 138 Å². The average molecular weight is 653 g/mol. The normalized spacial score (nSPS) is 16.4. The van der Waals surface area contributed by atoms with Gasteiger partial charge in [0.2, 0.25) is 0 Å². The maximum absolute atomic E-state index is 12.4. The van der Waals surface area contributed by atoms with E-state index >= 15 is 0 Å². The molecule has 1 fully saturated rings. The van der Waals surface area contributed by atoms with Crippen molar-refractivity contribution in [2.75, 3.05) is 27.4 Å². The molecule has 0 saturated carbocycles. The predicted molar refractivity (Wildman–Crippen MR) is 179 cm³/mol. The number of hydrogen-bond donors (Lipinski definition) is 2. The molecule has 4 aromatic rings. The van der Waals surface area contributed by atoms with E-state index in [1.54, 1.807) is 101 Å². The lowest BCUT2D eigenvalue weighted by Gasteiger charge is -2.31. The molecule has 248 valence electrons. The Bertz CT molecular complexity index is 1610. The molecule has 0 bridgehead atoms. The lowest BCUT2D eigenvalue weighted by atomic mass is 10.1. The summed E-state index contributed by atoms with van der Waals surface area (Å²) in [5.74, 6) is 1.75. The summed E-state index contributed by atoms with van der Waals surface area (Å²) in [5, 5.41) is 8.44. The Morgan fingerprint density at radius 3 is 1.19 bits per heavy atom. The van der Waals surface area contributed by atoms with Crippen LogP contribution in [-0.4, -0.2) is 63.3 Å². The molecular formula is C36H36N4O8. The zero-order valence-electron chi connectivity index (χ0n) is 27.0. The van der Waals surface area contributed by atoms with Crippen molar-refractivity contribution in [1.29, 1.82) is 0 Å². The molecule has 0 aromatic heterocycles. The highest BCUT2D eigenvalue weighted by molar-refractivity contribution is 6.01. The minimum Gasteiger partial charge on any atom is -0.497 e. The summed E-state index contributed by atoms with van der Waals surface area (Å²) in [4.78, 5) is 24.9. The maximum Gasteiger partial charge on any atom is 0.271 e. The minimum atomic E-state index is -0.820. The van der Waals surface area contributed by atoms with Crippen molar-refractivity contribution in [2.24, 2.45) is 10.2 Å². The summed E-state index contributed by atoms with van der Waals surface area (Å²) in [6, 6.07) is 27.9. The van der Waals surface area contributed by atoms with Gasteiger partial charge < -0.3 is 28.4 Å². The van der Waals surface area contributed by atoms with Crippen LogP contribution in [0.15, 0.2) is 107 Å². The van der Waals surface area contributed by atoms with E-state index in [9.17, 15) is 9.59 Å². The summed E-state index contributed by atoms with van der Waals surface area (Å²) >= 11 is 0. The van der Waals surface area contributed by atoms with Gasteiger partial charge in [-0.1, -0.05) is 0 Å². The summed E-state index contributed by atoms with van der Waals surface area (Å²) in [6.45, 7) is 4.28. The number of hydrazone groups is 2. The molecule has 5 rings (SSSR count). The number of amides is 2. The van der Waals surface area contributed by atoms with E-state index in [0.717, 1.165) is 11.1 Å². The predicted octanol–water partition coefficient (Wildman–Crippen LogP) is 5.17. The van der Waals surface area contributed by atoms with Crippen molar-refractivity contribution in [2.45, 2.75) is 26.4 Å². The van der Waals surface area contributed by atoms with Crippen molar-refractivity contribution in [1.82, 2.24) is 10.9 Å². The lowest BCUT2D eigenvalue weighted by molar-refractivity contribution is -0.271. The highest BCUT2D eigenvalue weighted by atomic mass is 16.8. The van der Waals surface area contributed by atoms with Crippen LogP contribution in [0.5, 0.6) is 23.0 Å². The van der Waals surface area contributed by atoms with Gasteiger partial charge in [0.1, 0.15) is 23.0 Å². The molecule has 1 aliphatic rings. The molecular weight excluding hydrogens is 616 g/mol. The summed E-state index contributed by atoms with van der Waals surface area (Å²) < 4.78 is 34.0. The Morgan fingerprint density at radius 1 is 0.542 bits per heavy atom.